The maximum atomic E-state index is 5.94. The average molecular weight is 338 g/mol. The van der Waals surface area contributed by atoms with E-state index in [9.17, 15) is 0 Å². The van der Waals surface area contributed by atoms with Crippen LogP contribution >= 0.6 is 0 Å². The van der Waals surface area contributed by atoms with Crippen LogP contribution in [0.5, 0.6) is 0 Å². The van der Waals surface area contributed by atoms with E-state index in [0.29, 0.717) is 19.1 Å². The Bertz CT molecular complexity index is 770. The van der Waals surface area contributed by atoms with Crippen LogP contribution in [0.1, 0.15) is 17.1 Å². The molecule has 0 saturated carbocycles. The van der Waals surface area contributed by atoms with Gasteiger partial charge >= 0.3 is 0 Å². The molecular formula is C19H22N4O2. The third-order valence-electron chi connectivity index (χ3n) is 4.43. The second-order valence-electron chi connectivity index (χ2n) is 6.46. The summed E-state index contributed by atoms with van der Waals surface area (Å²) >= 11 is 0. The molecule has 0 amide bonds. The molecule has 4 rings (SSSR count). The molecule has 0 radical (unpaired) electrons. The number of rotatable bonds is 6. The summed E-state index contributed by atoms with van der Waals surface area (Å²) in [6.45, 7) is 4.73. The fourth-order valence-electron chi connectivity index (χ4n) is 3.28. The lowest BCUT2D eigenvalue weighted by Crippen LogP contribution is -2.30. The minimum absolute atomic E-state index is 0.375. The van der Waals surface area contributed by atoms with Crippen molar-refractivity contribution < 1.29 is 9.15 Å². The summed E-state index contributed by atoms with van der Waals surface area (Å²) in [5.41, 5.74) is 2.20. The first-order chi connectivity index (χ1) is 12.4. The minimum Gasteiger partial charge on any atom is -0.468 e. The fourth-order valence-corrected chi connectivity index (χ4v) is 3.28. The van der Waals surface area contributed by atoms with E-state index in [-0.39, 0.29) is 0 Å². The summed E-state index contributed by atoms with van der Waals surface area (Å²) in [4.78, 5) is 6.70. The summed E-state index contributed by atoms with van der Waals surface area (Å²) in [5, 5.41) is 4.46. The highest BCUT2D eigenvalue weighted by Gasteiger charge is 2.23. The van der Waals surface area contributed by atoms with Crippen molar-refractivity contribution in [2.45, 2.75) is 26.2 Å². The lowest BCUT2D eigenvalue weighted by molar-refractivity contribution is 0.0629. The summed E-state index contributed by atoms with van der Waals surface area (Å²) in [6, 6.07) is 11.9. The Morgan fingerprint density at radius 2 is 2.12 bits per heavy atom. The zero-order valence-corrected chi connectivity index (χ0v) is 14.1. The van der Waals surface area contributed by atoms with Crippen molar-refractivity contribution in [2.75, 3.05) is 13.2 Å². The van der Waals surface area contributed by atoms with Gasteiger partial charge in [-0.1, -0.05) is 6.07 Å². The molecule has 3 aromatic heterocycles. The molecule has 0 spiro atoms. The number of furan rings is 1. The summed E-state index contributed by atoms with van der Waals surface area (Å²) < 4.78 is 13.5. The first-order valence-corrected chi connectivity index (χ1v) is 8.60. The van der Waals surface area contributed by atoms with Crippen LogP contribution in [0.25, 0.3) is 0 Å². The maximum Gasteiger partial charge on any atom is 0.117 e. The number of ether oxygens (including phenoxy) is 1. The molecule has 0 unspecified atom stereocenters. The minimum atomic E-state index is 0.375. The third-order valence-corrected chi connectivity index (χ3v) is 4.43. The van der Waals surface area contributed by atoms with Crippen molar-refractivity contribution in [3.8, 4) is 0 Å². The highest BCUT2D eigenvalue weighted by atomic mass is 16.5. The highest BCUT2D eigenvalue weighted by molar-refractivity contribution is 5.05. The predicted molar refractivity (Wildman–Crippen MR) is 92.4 cm³/mol. The largest absolute Gasteiger partial charge is 0.468 e. The van der Waals surface area contributed by atoms with Crippen LogP contribution in [-0.2, 0) is 31.0 Å². The smallest absolute Gasteiger partial charge is 0.117 e. The van der Waals surface area contributed by atoms with Gasteiger partial charge < -0.3 is 9.15 Å². The van der Waals surface area contributed by atoms with Crippen LogP contribution in [-0.4, -0.2) is 32.8 Å². The first kappa shape index (κ1) is 16.1. The molecule has 0 N–H and O–H groups in total. The number of fused-ring (bicyclic) bond motifs is 1. The lowest BCUT2D eigenvalue weighted by atomic mass is 10.1. The second-order valence-corrected chi connectivity index (χ2v) is 6.46. The van der Waals surface area contributed by atoms with Gasteiger partial charge in [-0.25, -0.2) is 0 Å². The van der Waals surface area contributed by atoms with Crippen LogP contribution in [0.2, 0.25) is 0 Å². The number of pyridine rings is 1. The van der Waals surface area contributed by atoms with Crippen LogP contribution in [0.15, 0.2) is 59.5 Å². The predicted octanol–water partition coefficient (Wildman–Crippen LogP) is 2.72. The Balaban J connectivity index is 1.40. The maximum absolute atomic E-state index is 5.94. The lowest BCUT2D eigenvalue weighted by Gasteiger charge is -2.22. The topological polar surface area (TPSA) is 56.3 Å². The molecule has 6 heteroatoms. The van der Waals surface area contributed by atoms with Gasteiger partial charge in [0.1, 0.15) is 5.76 Å². The van der Waals surface area contributed by atoms with E-state index >= 15 is 0 Å². The van der Waals surface area contributed by atoms with Crippen molar-refractivity contribution in [3.63, 3.8) is 0 Å². The Morgan fingerprint density at radius 1 is 1.12 bits per heavy atom. The molecule has 0 bridgehead atoms. The Kier molecular flexibility index (Phi) is 4.90. The Morgan fingerprint density at radius 3 is 2.96 bits per heavy atom. The normalized spacial score (nSPS) is 18.0. The van der Waals surface area contributed by atoms with Gasteiger partial charge in [-0.3, -0.25) is 14.6 Å². The summed E-state index contributed by atoms with van der Waals surface area (Å²) in [6.07, 6.45) is 5.40. The molecule has 25 heavy (non-hydrogen) atoms. The molecule has 0 aliphatic carbocycles. The van der Waals surface area contributed by atoms with Gasteiger partial charge in [-0.15, -0.1) is 0 Å². The Hall–Kier alpha value is -2.44. The molecule has 3 aromatic rings. The number of hydrogen-bond acceptors (Lipinski definition) is 5. The zero-order valence-electron chi connectivity index (χ0n) is 14.1. The van der Waals surface area contributed by atoms with Crippen LogP contribution in [0, 0.1) is 5.92 Å². The zero-order chi connectivity index (χ0) is 16.9. The molecule has 1 aliphatic rings. The van der Waals surface area contributed by atoms with E-state index < -0.39 is 0 Å². The van der Waals surface area contributed by atoms with Gasteiger partial charge in [-0.05, 0) is 30.3 Å². The SMILES string of the molecule is c1ccc(COC[C@@H]2CN(Cc3ccco3)Cc3ccnn3C2)nc1. The standard InChI is InChI=1S/C19H22N4O2/c1-2-7-20-17(4-1)15-24-14-16-10-22(13-19-5-3-9-25-19)12-18-6-8-21-23(18)11-16/h1-9,16H,10-15H2/t16-/m1/s1. The van der Waals surface area contributed by atoms with E-state index in [1.165, 1.54) is 5.69 Å². The van der Waals surface area contributed by atoms with E-state index in [1.54, 1.807) is 12.5 Å². The van der Waals surface area contributed by atoms with Gasteiger partial charge in [0, 0.05) is 37.9 Å². The molecule has 0 aromatic carbocycles. The van der Waals surface area contributed by atoms with Crippen molar-refractivity contribution in [1.29, 1.82) is 0 Å². The molecule has 6 nitrogen and oxygen atoms in total. The van der Waals surface area contributed by atoms with Gasteiger partial charge in [0.05, 0.1) is 37.4 Å². The van der Waals surface area contributed by atoms with Gasteiger partial charge in [0.25, 0.3) is 0 Å². The molecule has 1 atom stereocenters. The van der Waals surface area contributed by atoms with E-state index in [1.807, 2.05) is 36.5 Å². The number of nitrogens with zero attached hydrogens (tertiary/aromatic N) is 4. The summed E-state index contributed by atoms with van der Waals surface area (Å²) in [5.74, 6) is 1.36. The third kappa shape index (κ3) is 4.15. The quantitative estimate of drug-likeness (QED) is 0.692. The molecule has 1 aliphatic heterocycles. The molecular weight excluding hydrogens is 316 g/mol. The summed E-state index contributed by atoms with van der Waals surface area (Å²) in [7, 11) is 0. The van der Waals surface area contributed by atoms with E-state index in [4.69, 9.17) is 9.15 Å². The van der Waals surface area contributed by atoms with Gasteiger partial charge in [0.15, 0.2) is 0 Å². The van der Waals surface area contributed by atoms with Crippen LogP contribution < -0.4 is 0 Å². The average Bonchev–Trinajstić information content (AvgIpc) is 3.25. The van der Waals surface area contributed by atoms with Crippen molar-refractivity contribution in [1.82, 2.24) is 19.7 Å². The highest BCUT2D eigenvalue weighted by Crippen LogP contribution is 2.19. The van der Waals surface area contributed by atoms with E-state index in [2.05, 4.69) is 25.7 Å². The van der Waals surface area contributed by atoms with Crippen LogP contribution in [0.4, 0.5) is 0 Å². The van der Waals surface area contributed by atoms with Gasteiger partial charge in [0.2, 0.25) is 0 Å². The van der Waals surface area contributed by atoms with E-state index in [0.717, 1.165) is 37.6 Å². The van der Waals surface area contributed by atoms with Gasteiger partial charge in [-0.2, -0.15) is 5.10 Å². The number of aromatic nitrogens is 3. The molecule has 130 valence electrons. The van der Waals surface area contributed by atoms with Crippen molar-refractivity contribution in [3.05, 3.63) is 72.2 Å². The molecule has 0 saturated heterocycles. The first-order valence-electron chi connectivity index (χ1n) is 8.60. The molecule has 4 heterocycles. The number of hydrogen-bond donors (Lipinski definition) is 0. The molecule has 0 fully saturated rings. The monoisotopic (exact) mass is 338 g/mol. The fraction of sp³-hybridized carbons (Fsp3) is 0.368. The van der Waals surface area contributed by atoms with Crippen molar-refractivity contribution >= 4 is 0 Å². The second kappa shape index (κ2) is 7.63. The Labute approximate surface area is 147 Å². The van der Waals surface area contributed by atoms with Crippen molar-refractivity contribution in [2.24, 2.45) is 5.92 Å². The van der Waals surface area contributed by atoms with Crippen LogP contribution in [0.3, 0.4) is 0 Å².